The summed E-state index contributed by atoms with van der Waals surface area (Å²) in [5.41, 5.74) is 6.59. The Hall–Kier alpha value is -1.83. The maximum absolute atomic E-state index is 13.8. The Morgan fingerprint density at radius 3 is 2.56 bits per heavy atom. The van der Waals surface area contributed by atoms with Gasteiger partial charge in [0.25, 0.3) is 0 Å². The average molecular weight is 253 g/mol. The Labute approximate surface area is 106 Å². The van der Waals surface area contributed by atoms with E-state index in [1.54, 1.807) is 32.9 Å². The Morgan fingerprint density at radius 1 is 1.50 bits per heavy atom. The lowest BCUT2D eigenvalue weighted by atomic mass is 9.83. The molecule has 0 aliphatic rings. The van der Waals surface area contributed by atoms with Gasteiger partial charge in [-0.3, -0.25) is 0 Å². The van der Waals surface area contributed by atoms with E-state index in [9.17, 15) is 8.78 Å². The topological polar surface area (TPSA) is 50.9 Å². The summed E-state index contributed by atoms with van der Waals surface area (Å²) in [5, 5.41) is 2.84. The molecule has 0 aromatic carbocycles. The molecule has 0 saturated carbocycles. The maximum atomic E-state index is 13.8. The quantitative estimate of drug-likeness (QED) is 0.811. The molecule has 3 N–H and O–H groups in total. The summed E-state index contributed by atoms with van der Waals surface area (Å²) in [7, 11) is 1.68. The fourth-order valence-electron chi connectivity index (χ4n) is 1.94. The van der Waals surface area contributed by atoms with E-state index in [1.807, 2.05) is 0 Å². The van der Waals surface area contributed by atoms with Crippen LogP contribution in [0.4, 0.5) is 20.3 Å². The van der Waals surface area contributed by atoms with Gasteiger partial charge in [0, 0.05) is 12.6 Å². The average Bonchev–Trinajstić information content (AvgIpc) is 2.31. The molecule has 0 aliphatic carbocycles. The monoisotopic (exact) mass is 253 g/mol. The van der Waals surface area contributed by atoms with Gasteiger partial charge >= 0.3 is 5.92 Å². The molecule has 0 radical (unpaired) electrons. The Kier molecular flexibility index (Phi) is 4.12. The molecule has 3 nitrogen and oxygen atoms in total. The van der Waals surface area contributed by atoms with Crippen molar-refractivity contribution in [2.24, 2.45) is 5.92 Å². The molecule has 0 fully saturated rings. The van der Waals surface area contributed by atoms with Crippen molar-refractivity contribution in [1.29, 1.82) is 0 Å². The lowest BCUT2D eigenvalue weighted by molar-refractivity contribution is 0.0183. The molecule has 5 heteroatoms. The summed E-state index contributed by atoms with van der Waals surface area (Å²) in [4.78, 5) is 3.91. The van der Waals surface area contributed by atoms with Crippen molar-refractivity contribution in [1.82, 2.24) is 4.98 Å². The first-order valence-corrected chi connectivity index (χ1v) is 5.62. The van der Waals surface area contributed by atoms with Crippen molar-refractivity contribution in [3.63, 3.8) is 0 Å². The molecule has 1 atom stereocenters. The van der Waals surface area contributed by atoms with Crippen LogP contribution in [0.2, 0.25) is 0 Å². The van der Waals surface area contributed by atoms with Gasteiger partial charge in [-0.25, -0.2) is 4.98 Å². The second kappa shape index (κ2) is 5.21. The van der Waals surface area contributed by atoms with Crippen LogP contribution in [0, 0.1) is 18.3 Å². The highest BCUT2D eigenvalue weighted by atomic mass is 19.3. The normalized spacial score (nSPS) is 13.2. The zero-order chi connectivity index (χ0) is 13.9. The molecule has 1 rings (SSSR count). The number of aromatic nitrogens is 1. The molecule has 98 valence electrons. The predicted octanol–water partition coefficient (Wildman–Crippen LogP) is 2.71. The molecule has 0 spiro atoms. The number of nitrogens with one attached hydrogen (secondary N) is 1. The maximum Gasteiger partial charge on any atom is 0.314 e. The van der Waals surface area contributed by atoms with Crippen LogP contribution < -0.4 is 11.1 Å². The van der Waals surface area contributed by atoms with E-state index in [2.05, 4.69) is 10.3 Å². The first-order valence-electron chi connectivity index (χ1n) is 5.62. The van der Waals surface area contributed by atoms with Crippen LogP contribution in [-0.2, 0) is 0 Å². The van der Waals surface area contributed by atoms with Gasteiger partial charge in [0.2, 0.25) is 0 Å². The third kappa shape index (κ3) is 2.70. The molecule has 1 heterocycles. The van der Waals surface area contributed by atoms with E-state index in [-0.39, 0.29) is 17.3 Å². The summed E-state index contributed by atoms with van der Waals surface area (Å²) >= 11 is 0. The second-order valence-electron chi connectivity index (χ2n) is 4.44. The fourth-order valence-corrected chi connectivity index (χ4v) is 1.94. The molecule has 0 saturated heterocycles. The van der Waals surface area contributed by atoms with Gasteiger partial charge in [0.1, 0.15) is 5.82 Å². The number of halogens is 2. The minimum absolute atomic E-state index is 0.0858. The van der Waals surface area contributed by atoms with Crippen molar-refractivity contribution in [2.45, 2.75) is 25.7 Å². The van der Waals surface area contributed by atoms with Crippen LogP contribution >= 0.6 is 0 Å². The van der Waals surface area contributed by atoms with Crippen molar-refractivity contribution < 1.29 is 8.78 Å². The fraction of sp³-hybridized carbons (Fsp3) is 0.462. The van der Waals surface area contributed by atoms with Crippen LogP contribution in [-0.4, -0.2) is 18.0 Å². The Balaban J connectivity index is 3.35. The number of hydrogen-bond acceptors (Lipinski definition) is 3. The van der Waals surface area contributed by atoms with Crippen LogP contribution in [0.25, 0.3) is 0 Å². The molecule has 18 heavy (non-hydrogen) atoms. The molecule has 1 unspecified atom stereocenters. The van der Waals surface area contributed by atoms with Crippen LogP contribution in [0.1, 0.15) is 25.3 Å². The number of pyridine rings is 1. The zero-order valence-electron chi connectivity index (χ0n) is 10.7. The number of nitrogens with zero attached hydrogens (tertiary/aromatic N) is 1. The smallest absolute Gasteiger partial charge is 0.314 e. The number of hydrogen-bond donors (Lipinski definition) is 2. The van der Waals surface area contributed by atoms with Crippen LogP contribution in [0.5, 0.6) is 0 Å². The molecule has 1 aromatic heterocycles. The lowest BCUT2D eigenvalue weighted by Crippen LogP contribution is -2.29. The molecular weight excluding hydrogens is 236 g/mol. The lowest BCUT2D eigenvalue weighted by Gasteiger charge is -2.27. The Morgan fingerprint density at radius 2 is 2.11 bits per heavy atom. The molecular formula is C13H17F2N3. The van der Waals surface area contributed by atoms with Crippen molar-refractivity contribution in [3.05, 3.63) is 17.8 Å². The second-order valence-corrected chi connectivity index (χ2v) is 4.44. The Bertz CT molecular complexity index is 464. The number of rotatable bonds is 4. The zero-order valence-corrected chi connectivity index (χ0v) is 10.7. The molecule has 0 amide bonds. The first kappa shape index (κ1) is 14.2. The number of anilines is 2. The minimum atomic E-state index is -3.25. The third-order valence-corrected chi connectivity index (χ3v) is 2.82. The van der Waals surface area contributed by atoms with E-state index in [0.717, 1.165) is 0 Å². The predicted molar refractivity (Wildman–Crippen MR) is 69.6 cm³/mol. The van der Waals surface area contributed by atoms with Gasteiger partial charge in [-0.15, -0.1) is 6.42 Å². The van der Waals surface area contributed by atoms with Gasteiger partial charge < -0.3 is 11.1 Å². The number of nitrogen functional groups attached to an aromatic ring is 1. The minimum Gasteiger partial charge on any atom is -0.387 e. The highest BCUT2D eigenvalue weighted by Crippen LogP contribution is 2.41. The summed E-state index contributed by atoms with van der Waals surface area (Å²) in [6, 6.07) is 1.57. The van der Waals surface area contributed by atoms with E-state index in [0.29, 0.717) is 5.69 Å². The number of terminal acetylenes is 1. The number of nitrogens with two attached hydrogens (primary N) is 1. The molecule has 0 bridgehead atoms. The van der Waals surface area contributed by atoms with Crippen LogP contribution in [0.15, 0.2) is 12.3 Å². The van der Waals surface area contributed by atoms with Gasteiger partial charge in [-0.05, 0) is 17.9 Å². The van der Waals surface area contributed by atoms with E-state index in [1.165, 1.54) is 6.20 Å². The van der Waals surface area contributed by atoms with Gasteiger partial charge in [0.05, 0.1) is 17.8 Å². The van der Waals surface area contributed by atoms with Gasteiger partial charge in [-0.1, -0.05) is 13.8 Å². The standard InChI is InChI=1S/C13H17F2N3/c1-5-13(14,15)11(8(2)3)10-6-9(17-4)7-18-12(10)16/h1,6-8,11,17H,2-4H3,(H2,16,18). The molecule has 0 aliphatic heterocycles. The molecule has 1 aromatic rings. The van der Waals surface area contributed by atoms with Crippen molar-refractivity contribution in [3.8, 4) is 12.3 Å². The van der Waals surface area contributed by atoms with E-state index in [4.69, 9.17) is 12.2 Å². The van der Waals surface area contributed by atoms with Gasteiger partial charge in [0.15, 0.2) is 0 Å². The summed E-state index contributed by atoms with van der Waals surface area (Å²) in [5.74, 6) is -3.12. The van der Waals surface area contributed by atoms with Gasteiger partial charge in [-0.2, -0.15) is 8.78 Å². The van der Waals surface area contributed by atoms with Crippen molar-refractivity contribution >= 4 is 11.5 Å². The SMILES string of the molecule is C#CC(F)(F)C(c1cc(NC)cnc1N)C(C)C. The largest absolute Gasteiger partial charge is 0.387 e. The van der Waals surface area contributed by atoms with E-state index >= 15 is 0 Å². The van der Waals surface area contributed by atoms with Crippen LogP contribution in [0.3, 0.4) is 0 Å². The third-order valence-electron chi connectivity index (χ3n) is 2.82. The summed E-state index contributed by atoms with van der Waals surface area (Å²) in [6.45, 7) is 3.36. The van der Waals surface area contributed by atoms with E-state index < -0.39 is 11.8 Å². The highest BCUT2D eigenvalue weighted by Gasteiger charge is 2.42. The number of alkyl halides is 2. The summed E-state index contributed by atoms with van der Waals surface area (Å²) in [6.07, 6.45) is 6.42. The first-order chi connectivity index (χ1) is 8.33. The van der Waals surface area contributed by atoms with Crippen molar-refractivity contribution in [2.75, 3.05) is 18.1 Å². The highest BCUT2D eigenvalue weighted by molar-refractivity contribution is 5.53. The summed E-state index contributed by atoms with van der Waals surface area (Å²) < 4.78 is 27.7.